The lowest BCUT2D eigenvalue weighted by atomic mass is 9.95. The Kier molecular flexibility index (Phi) is 7.81. The van der Waals surface area contributed by atoms with Gasteiger partial charge in [0.15, 0.2) is 5.78 Å². The van der Waals surface area contributed by atoms with Crippen molar-refractivity contribution in [2.75, 3.05) is 44.4 Å². The Hall–Kier alpha value is -2.18. The van der Waals surface area contributed by atoms with Gasteiger partial charge in [0.1, 0.15) is 0 Å². The molecule has 1 aliphatic rings. The molecule has 1 amide bonds. The van der Waals surface area contributed by atoms with Gasteiger partial charge in [-0.1, -0.05) is 6.58 Å². The van der Waals surface area contributed by atoms with Crippen molar-refractivity contribution in [1.29, 1.82) is 0 Å². The molecule has 0 unspecified atom stereocenters. The summed E-state index contributed by atoms with van der Waals surface area (Å²) < 4.78 is 5.13. The smallest absolute Gasteiger partial charge is 0.223 e. The minimum absolute atomic E-state index is 0.00522. The molecule has 142 valence electrons. The van der Waals surface area contributed by atoms with E-state index in [0.717, 1.165) is 31.6 Å². The second-order valence-electron chi connectivity index (χ2n) is 6.54. The van der Waals surface area contributed by atoms with Gasteiger partial charge in [-0.05, 0) is 49.6 Å². The highest BCUT2D eigenvalue weighted by atomic mass is 16.5. The van der Waals surface area contributed by atoms with Gasteiger partial charge in [0, 0.05) is 36.8 Å². The van der Waals surface area contributed by atoms with Gasteiger partial charge in [-0.15, -0.1) is 0 Å². The normalized spacial score (nSPS) is 14.9. The van der Waals surface area contributed by atoms with Crippen LogP contribution in [0.2, 0.25) is 0 Å². The van der Waals surface area contributed by atoms with E-state index in [-0.39, 0.29) is 24.2 Å². The van der Waals surface area contributed by atoms with E-state index in [2.05, 4.69) is 16.8 Å². The molecule has 0 atom stereocenters. The number of carbonyl (C=O) groups is 2. The van der Waals surface area contributed by atoms with Crippen LogP contribution in [0.5, 0.6) is 0 Å². The number of benzene rings is 1. The molecule has 0 aromatic heterocycles. The maximum Gasteiger partial charge on any atom is 0.223 e. The van der Waals surface area contributed by atoms with Gasteiger partial charge in [-0.2, -0.15) is 0 Å². The molecule has 0 bridgehead atoms. The number of ketones is 1. The van der Waals surface area contributed by atoms with Crippen LogP contribution in [0.25, 0.3) is 0 Å². The highest BCUT2D eigenvalue weighted by Gasteiger charge is 2.25. The van der Waals surface area contributed by atoms with Crippen LogP contribution < -0.4 is 10.2 Å². The number of carbonyl (C=O) groups excluding carboxylic acids is 2. The Morgan fingerprint density at radius 3 is 2.46 bits per heavy atom. The standard InChI is InChI=1S/C20H28N2O4/c1-15(2)19(24)16-3-5-18(6-4-16)22-10-7-17(8-11-22)20(25)21-9-13-26-14-12-23/h3-6,17,23H,1,7-14H2,2H3,(H,21,25). The van der Waals surface area contributed by atoms with E-state index >= 15 is 0 Å². The Morgan fingerprint density at radius 2 is 1.88 bits per heavy atom. The fourth-order valence-electron chi connectivity index (χ4n) is 3.03. The zero-order chi connectivity index (χ0) is 18.9. The first kappa shape index (κ1) is 20.1. The van der Waals surface area contributed by atoms with Crippen molar-refractivity contribution >= 4 is 17.4 Å². The van der Waals surface area contributed by atoms with Crippen LogP contribution in [0.1, 0.15) is 30.1 Å². The molecule has 0 spiro atoms. The Morgan fingerprint density at radius 1 is 1.23 bits per heavy atom. The first-order valence-corrected chi connectivity index (χ1v) is 9.04. The molecular formula is C20H28N2O4. The molecule has 1 aromatic carbocycles. The summed E-state index contributed by atoms with van der Waals surface area (Å²) in [5, 5.41) is 11.5. The molecule has 1 aromatic rings. The van der Waals surface area contributed by atoms with Crippen molar-refractivity contribution in [3.8, 4) is 0 Å². The number of hydrogen-bond acceptors (Lipinski definition) is 5. The third-order valence-electron chi connectivity index (χ3n) is 4.53. The zero-order valence-corrected chi connectivity index (χ0v) is 15.4. The minimum atomic E-state index is -0.0325. The number of hydrogen-bond donors (Lipinski definition) is 2. The number of aliphatic hydroxyl groups is 1. The highest BCUT2D eigenvalue weighted by molar-refractivity contribution is 6.08. The van der Waals surface area contributed by atoms with E-state index < -0.39 is 0 Å². The molecule has 0 radical (unpaired) electrons. The van der Waals surface area contributed by atoms with Crippen molar-refractivity contribution in [1.82, 2.24) is 5.32 Å². The monoisotopic (exact) mass is 360 g/mol. The summed E-state index contributed by atoms with van der Waals surface area (Å²) in [7, 11) is 0. The largest absolute Gasteiger partial charge is 0.394 e. The van der Waals surface area contributed by atoms with Gasteiger partial charge in [-0.3, -0.25) is 9.59 Å². The van der Waals surface area contributed by atoms with E-state index in [4.69, 9.17) is 9.84 Å². The van der Waals surface area contributed by atoms with Gasteiger partial charge >= 0.3 is 0 Å². The maximum absolute atomic E-state index is 12.2. The van der Waals surface area contributed by atoms with Gasteiger partial charge in [0.25, 0.3) is 0 Å². The molecular weight excluding hydrogens is 332 g/mol. The Balaban J connectivity index is 1.78. The topological polar surface area (TPSA) is 78.9 Å². The first-order valence-electron chi connectivity index (χ1n) is 9.04. The van der Waals surface area contributed by atoms with Gasteiger partial charge < -0.3 is 20.1 Å². The van der Waals surface area contributed by atoms with Crippen molar-refractivity contribution < 1.29 is 19.4 Å². The third kappa shape index (κ3) is 5.68. The van der Waals surface area contributed by atoms with Crippen LogP contribution in [0.15, 0.2) is 36.4 Å². The van der Waals surface area contributed by atoms with Crippen LogP contribution >= 0.6 is 0 Å². The van der Waals surface area contributed by atoms with Gasteiger partial charge in [0.2, 0.25) is 5.91 Å². The first-order chi connectivity index (χ1) is 12.5. The molecule has 0 saturated carbocycles. The lowest BCUT2D eigenvalue weighted by Crippen LogP contribution is -2.41. The lowest BCUT2D eigenvalue weighted by Gasteiger charge is -2.33. The predicted molar refractivity (Wildman–Crippen MR) is 101 cm³/mol. The Labute approximate surface area is 154 Å². The number of piperidine rings is 1. The number of aliphatic hydroxyl groups excluding tert-OH is 1. The van der Waals surface area contributed by atoms with Crippen LogP contribution in [-0.2, 0) is 9.53 Å². The molecule has 2 rings (SSSR count). The van der Waals surface area contributed by atoms with Crippen molar-refractivity contribution in [2.24, 2.45) is 5.92 Å². The van der Waals surface area contributed by atoms with E-state index in [9.17, 15) is 9.59 Å². The highest BCUT2D eigenvalue weighted by Crippen LogP contribution is 2.24. The van der Waals surface area contributed by atoms with Crippen LogP contribution in [0, 0.1) is 5.92 Å². The Bertz CT molecular complexity index is 619. The zero-order valence-electron chi connectivity index (χ0n) is 15.4. The molecule has 0 aliphatic carbocycles. The molecule has 6 nitrogen and oxygen atoms in total. The van der Waals surface area contributed by atoms with Gasteiger partial charge in [-0.25, -0.2) is 0 Å². The molecule has 1 fully saturated rings. The van der Waals surface area contributed by atoms with E-state index in [0.29, 0.717) is 30.9 Å². The summed E-state index contributed by atoms with van der Waals surface area (Å²) >= 11 is 0. The number of amides is 1. The van der Waals surface area contributed by atoms with Crippen LogP contribution in [0.3, 0.4) is 0 Å². The minimum Gasteiger partial charge on any atom is -0.394 e. The average molecular weight is 360 g/mol. The maximum atomic E-state index is 12.2. The second kappa shape index (κ2) is 10.1. The molecule has 2 N–H and O–H groups in total. The number of anilines is 1. The number of rotatable bonds is 9. The summed E-state index contributed by atoms with van der Waals surface area (Å²) in [6.07, 6.45) is 1.60. The molecule has 6 heteroatoms. The van der Waals surface area contributed by atoms with Crippen molar-refractivity contribution in [3.63, 3.8) is 0 Å². The van der Waals surface area contributed by atoms with Gasteiger partial charge in [0.05, 0.1) is 19.8 Å². The number of Topliss-reactive ketones (excluding diaryl/α,β-unsaturated/α-hetero) is 1. The summed E-state index contributed by atoms with van der Waals surface area (Å²) in [5.41, 5.74) is 2.25. The average Bonchev–Trinajstić information content (AvgIpc) is 2.67. The van der Waals surface area contributed by atoms with Crippen LogP contribution in [0.4, 0.5) is 5.69 Å². The van der Waals surface area contributed by atoms with Crippen molar-refractivity contribution in [2.45, 2.75) is 19.8 Å². The molecule has 1 aliphatic heterocycles. The molecule has 1 heterocycles. The van der Waals surface area contributed by atoms with E-state index in [1.165, 1.54) is 0 Å². The fourth-order valence-corrected chi connectivity index (χ4v) is 3.03. The third-order valence-corrected chi connectivity index (χ3v) is 4.53. The summed E-state index contributed by atoms with van der Waals surface area (Å²) in [6, 6.07) is 7.57. The number of nitrogens with zero attached hydrogens (tertiary/aromatic N) is 1. The van der Waals surface area contributed by atoms with Crippen LogP contribution in [-0.4, -0.2) is 56.3 Å². The summed E-state index contributed by atoms with van der Waals surface area (Å²) in [6.45, 7) is 8.20. The number of allylic oxidation sites excluding steroid dienone is 1. The molecule has 26 heavy (non-hydrogen) atoms. The van der Waals surface area contributed by atoms with Crippen molar-refractivity contribution in [3.05, 3.63) is 42.0 Å². The van der Waals surface area contributed by atoms with E-state index in [1.807, 2.05) is 24.3 Å². The second-order valence-corrected chi connectivity index (χ2v) is 6.54. The SMILES string of the molecule is C=C(C)C(=O)c1ccc(N2CCC(C(=O)NCCOCCO)CC2)cc1. The fraction of sp³-hybridized carbons (Fsp3) is 0.500. The summed E-state index contributed by atoms with van der Waals surface area (Å²) in [4.78, 5) is 26.3. The molecule has 1 saturated heterocycles. The lowest BCUT2D eigenvalue weighted by molar-refractivity contribution is -0.125. The van der Waals surface area contributed by atoms with E-state index in [1.54, 1.807) is 6.92 Å². The summed E-state index contributed by atoms with van der Waals surface area (Å²) in [5.74, 6) is 0.0582. The number of nitrogens with one attached hydrogen (secondary N) is 1. The number of ether oxygens (including phenoxy) is 1. The quantitative estimate of drug-likeness (QED) is 0.399. The predicted octanol–water partition coefficient (Wildman–Crippen LogP) is 1.79.